The molecule has 0 unspecified atom stereocenters. The van der Waals surface area contributed by atoms with Gasteiger partial charge >= 0.3 is 0 Å². The average Bonchev–Trinajstić information content (AvgIpc) is 3.20. The molecule has 3 aromatic rings. The molecule has 1 aromatic carbocycles. The molecule has 1 saturated heterocycles. The van der Waals surface area contributed by atoms with E-state index in [9.17, 15) is 4.79 Å². The van der Waals surface area contributed by atoms with Crippen LogP contribution in [0.15, 0.2) is 48.9 Å². The van der Waals surface area contributed by atoms with Crippen molar-refractivity contribution in [2.45, 2.75) is 25.3 Å². The van der Waals surface area contributed by atoms with E-state index < -0.39 is 0 Å². The molecule has 1 atom stereocenters. The van der Waals surface area contributed by atoms with Crippen LogP contribution in [0.2, 0.25) is 0 Å². The minimum atomic E-state index is 0.0642. The van der Waals surface area contributed by atoms with Crippen LogP contribution in [0.25, 0.3) is 10.9 Å². The largest absolute Gasteiger partial charge is 0.338 e. The first kappa shape index (κ1) is 18.6. The number of piperidine rings is 1. The number of likely N-dealkylation sites (N-methyl/N-ethyl adjacent to an activating group) is 1. The Morgan fingerprint density at radius 3 is 2.96 bits per heavy atom. The van der Waals surface area contributed by atoms with Crippen LogP contribution in [-0.4, -0.2) is 64.0 Å². The van der Waals surface area contributed by atoms with E-state index in [1.165, 1.54) is 0 Å². The highest BCUT2D eigenvalue weighted by Crippen LogP contribution is 2.27. The third-order valence-electron chi connectivity index (χ3n) is 5.45. The highest BCUT2D eigenvalue weighted by Gasteiger charge is 2.28. The number of likely N-dealkylation sites (tertiary alicyclic amines) is 1. The van der Waals surface area contributed by atoms with Crippen LogP contribution in [0.1, 0.15) is 34.9 Å². The van der Waals surface area contributed by atoms with Crippen LogP contribution >= 0.6 is 0 Å². The van der Waals surface area contributed by atoms with Crippen molar-refractivity contribution in [1.82, 2.24) is 24.3 Å². The summed E-state index contributed by atoms with van der Waals surface area (Å²) >= 11 is 0. The minimum Gasteiger partial charge on any atom is -0.338 e. The van der Waals surface area contributed by atoms with E-state index in [1.807, 2.05) is 47.6 Å². The van der Waals surface area contributed by atoms with Gasteiger partial charge in [0.05, 0.1) is 11.1 Å². The van der Waals surface area contributed by atoms with Gasteiger partial charge in [0.15, 0.2) is 0 Å². The molecule has 0 bridgehead atoms. The summed E-state index contributed by atoms with van der Waals surface area (Å²) in [5.41, 5.74) is 1.58. The highest BCUT2D eigenvalue weighted by molar-refractivity contribution is 5.97. The molecule has 0 aliphatic carbocycles. The van der Waals surface area contributed by atoms with Gasteiger partial charge in [0.1, 0.15) is 5.82 Å². The quantitative estimate of drug-likeness (QED) is 0.686. The summed E-state index contributed by atoms with van der Waals surface area (Å²) in [5, 5.41) is 1.00. The number of pyridine rings is 1. The normalized spacial score (nSPS) is 17.4. The molecule has 1 aliphatic heterocycles. The van der Waals surface area contributed by atoms with Gasteiger partial charge in [-0.25, -0.2) is 4.98 Å². The Bertz CT molecular complexity index is 964. The summed E-state index contributed by atoms with van der Waals surface area (Å²) in [5.74, 6) is 1.44. The molecule has 2 aromatic heterocycles. The fourth-order valence-corrected chi connectivity index (χ4v) is 3.92. The van der Waals surface area contributed by atoms with Crippen molar-refractivity contribution in [2.24, 2.45) is 0 Å². The topological polar surface area (TPSA) is 54.3 Å². The molecular weight excluding hydrogens is 350 g/mol. The van der Waals surface area contributed by atoms with E-state index in [0.717, 1.165) is 49.2 Å². The summed E-state index contributed by atoms with van der Waals surface area (Å²) in [6, 6.07) is 9.85. The maximum Gasteiger partial charge on any atom is 0.255 e. The van der Waals surface area contributed by atoms with E-state index in [0.29, 0.717) is 12.1 Å². The molecule has 0 radical (unpaired) electrons. The fourth-order valence-electron chi connectivity index (χ4n) is 3.92. The van der Waals surface area contributed by atoms with Crippen molar-refractivity contribution in [1.29, 1.82) is 0 Å². The number of para-hydroxylation sites is 1. The number of rotatable bonds is 5. The molecular formula is C22H27N5O. The second-order valence-electron chi connectivity index (χ2n) is 7.79. The number of imidazole rings is 1. The Hall–Kier alpha value is -2.73. The SMILES string of the molecule is CN(C)CCn1ccnc1[C@H]1CCCN(C(=O)c2cnc3ccccc3c2)C1. The molecule has 146 valence electrons. The summed E-state index contributed by atoms with van der Waals surface area (Å²) in [6.45, 7) is 3.40. The summed E-state index contributed by atoms with van der Waals surface area (Å²) in [7, 11) is 4.16. The van der Waals surface area contributed by atoms with E-state index >= 15 is 0 Å². The average molecular weight is 377 g/mol. The van der Waals surface area contributed by atoms with Gasteiger partial charge in [-0.15, -0.1) is 0 Å². The van der Waals surface area contributed by atoms with Gasteiger partial charge in [-0.05, 0) is 39.1 Å². The number of carbonyl (C=O) groups excluding carboxylic acids is 1. The van der Waals surface area contributed by atoms with Crippen LogP contribution in [0, 0.1) is 0 Å². The molecule has 0 spiro atoms. The van der Waals surface area contributed by atoms with Gasteiger partial charge in [-0.2, -0.15) is 0 Å². The van der Waals surface area contributed by atoms with Crippen LogP contribution in [0.5, 0.6) is 0 Å². The Morgan fingerprint density at radius 2 is 2.11 bits per heavy atom. The number of carbonyl (C=O) groups is 1. The molecule has 28 heavy (non-hydrogen) atoms. The molecule has 6 nitrogen and oxygen atoms in total. The molecule has 4 rings (SSSR count). The van der Waals surface area contributed by atoms with Crippen LogP contribution < -0.4 is 0 Å². The maximum atomic E-state index is 13.1. The van der Waals surface area contributed by atoms with Crippen molar-refractivity contribution >= 4 is 16.8 Å². The minimum absolute atomic E-state index is 0.0642. The third-order valence-corrected chi connectivity index (χ3v) is 5.45. The second-order valence-corrected chi connectivity index (χ2v) is 7.79. The van der Waals surface area contributed by atoms with Gasteiger partial charge < -0.3 is 14.4 Å². The van der Waals surface area contributed by atoms with Crippen molar-refractivity contribution < 1.29 is 4.79 Å². The van der Waals surface area contributed by atoms with Gasteiger partial charge in [0.25, 0.3) is 5.91 Å². The number of benzene rings is 1. The standard InChI is InChI=1S/C22H27N5O/c1-25(2)12-13-26-11-9-23-21(26)18-7-5-10-27(16-18)22(28)19-14-17-6-3-4-8-20(17)24-15-19/h3-4,6,8-9,11,14-15,18H,5,7,10,12-13,16H2,1-2H3/t18-/m0/s1. The van der Waals surface area contributed by atoms with Crippen molar-refractivity contribution in [3.8, 4) is 0 Å². The lowest BCUT2D eigenvalue weighted by atomic mass is 9.96. The van der Waals surface area contributed by atoms with Gasteiger partial charge in [0.2, 0.25) is 0 Å². The first-order valence-electron chi connectivity index (χ1n) is 9.91. The van der Waals surface area contributed by atoms with E-state index in [4.69, 9.17) is 0 Å². The molecule has 1 aliphatic rings. The zero-order valence-electron chi connectivity index (χ0n) is 16.6. The Kier molecular flexibility index (Phi) is 5.39. The molecule has 1 amide bonds. The highest BCUT2D eigenvalue weighted by atomic mass is 16.2. The fraction of sp³-hybridized carbons (Fsp3) is 0.409. The Balaban J connectivity index is 1.50. The zero-order chi connectivity index (χ0) is 19.5. The maximum absolute atomic E-state index is 13.1. The first-order valence-corrected chi connectivity index (χ1v) is 9.91. The van der Waals surface area contributed by atoms with E-state index in [-0.39, 0.29) is 11.8 Å². The van der Waals surface area contributed by atoms with Crippen molar-refractivity contribution in [2.75, 3.05) is 33.7 Å². The second kappa shape index (κ2) is 8.10. The summed E-state index contributed by atoms with van der Waals surface area (Å²) in [4.78, 5) is 26.3. The Morgan fingerprint density at radius 1 is 1.25 bits per heavy atom. The molecule has 0 saturated carbocycles. The lowest BCUT2D eigenvalue weighted by molar-refractivity contribution is 0.0703. The van der Waals surface area contributed by atoms with Crippen LogP contribution in [0.4, 0.5) is 0 Å². The van der Waals surface area contributed by atoms with E-state index in [2.05, 4.69) is 33.5 Å². The number of hydrogen-bond acceptors (Lipinski definition) is 4. The number of aromatic nitrogens is 3. The summed E-state index contributed by atoms with van der Waals surface area (Å²) in [6.07, 6.45) is 7.69. The van der Waals surface area contributed by atoms with Gasteiger partial charge in [-0.3, -0.25) is 9.78 Å². The molecule has 0 N–H and O–H groups in total. The van der Waals surface area contributed by atoms with Gasteiger partial charge in [-0.1, -0.05) is 18.2 Å². The summed E-state index contributed by atoms with van der Waals surface area (Å²) < 4.78 is 2.23. The predicted molar refractivity (Wildman–Crippen MR) is 110 cm³/mol. The third kappa shape index (κ3) is 3.92. The molecule has 1 fully saturated rings. The molecule has 6 heteroatoms. The van der Waals surface area contributed by atoms with Crippen molar-refractivity contribution in [3.05, 3.63) is 60.3 Å². The van der Waals surface area contributed by atoms with Crippen LogP contribution in [-0.2, 0) is 6.54 Å². The lowest BCUT2D eigenvalue weighted by Gasteiger charge is -2.33. The first-order chi connectivity index (χ1) is 13.6. The van der Waals surface area contributed by atoms with Crippen molar-refractivity contribution in [3.63, 3.8) is 0 Å². The number of fused-ring (bicyclic) bond motifs is 1. The van der Waals surface area contributed by atoms with Crippen LogP contribution in [0.3, 0.4) is 0 Å². The Labute approximate surface area is 165 Å². The zero-order valence-corrected chi connectivity index (χ0v) is 16.6. The number of hydrogen-bond donors (Lipinski definition) is 0. The number of amides is 1. The van der Waals surface area contributed by atoms with Gasteiger partial charge in [0, 0.05) is 56.1 Å². The number of nitrogens with zero attached hydrogens (tertiary/aromatic N) is 5. The smallest absolute Gasteiger partial charge is 0.255 e. The van der Waals surface area contributed by atoms with E-state index in [1.54, 1.807) is 6.20 Å². The lowest BCUT2D eigenvalue weighted by Crippen LogP contribution is -2.40. The monoisotopic (exact) mass is 377 g/mol. The molecule has 3 heterocycles. The predicted octanol–water partition coefficient (Wildman–Crippen LogP) is 3.01.